The third kappa shape index (κ3) is 6.82. The lowest BCUT2D eigenvalue weighted by molar-refractivity contribution is -0.137. The number of amides is 1. The second-order valence-corrected chi connectivity index (χ2v) is 6.35. The second kappa shape index (κ2) is 6.66. The zero-order chi connectivity index (χ0) is 16.3. The van der Waals surface area contributed by atoms with Gasteiger partial charge in [-0.15, -0.1) is 0 Å². The monoisotopic (exact) mass is 309 g/mol. The lowest BCUT2D eigenvalue weighted by Gasteiger charge is -2.24. The molecule has 0 spiro atoms. The number of hydrogen-bond acceptors (Lipinski definition) is 3. The van der Waals surface area contributed by atoms with Gasteiger partial charge >= 0.3 is 12.3 Å². The summed E-state index contributed by atoms with van der Waals surface area (Å²) in [5.74, 6) is -0.573. The number of Topliss-reactive ketones (excluding diaryl/α,β-unsaturated/α-hetero) is 1. The molecule has 0 aromatic rings. The zero-order valence-electron chi connectivity index (χ0n) is 12.6. The van der Waals surface area contributed by atoms with Crippen molar-refractivity contribution in [1.29, 1.82) is 0 Å². The van der Waals surface area contributed by atoms with Crippen LogP contribution in [0, 0.1) is 5.92 Å². The fourth-order valence-corrected chi connectivity index (χ4v) is 2.18. The van der Waals surface area contributed by atoms with Crippen LogP contribution in [0.2, 0.25) is 0 Å². The van der Waals surface area contributed by atoms with Crippen LogP contribution in [0.4, 0.5) is 18.0 Å². The van der Waals surface area contributed by atoms with E-state index in [0.717, 1.165) is 0 Å². The second-order valence-electron chi connectivity index (χ2n) is 6.35. The number of carbonyl (C=O) groups excluding carboxylic acids is 2. The van der Waals surface area contributed by atoms with Crippen LogP contribution < -0.4 is 0 Å². The quantitative estimate of drug-likeness (QED) is 0.798. The maximum Gasteiger partial charge on any atom is 0.410 e. The molecule has 0 aromatic carbocycles. The highest BCUT2D eigenvalue weighted by molar-refractivity contribution is 5.82. The standard InChI is InChI=1S/C14H22F3NO3/c1-13(2,3)21-12(20)18-8-6-10(9-18)11(19)5-4-7-14(15,16)17/h10H,4-9H2,1-3H3. The molecule has 1 fully saturated rings. The number of carbonyl (C=O) groups is 2. The third-order valence-corrected chi connectivity index (χ3v) is 3.18. The normalized spacial score (nSPS) is 19.7. The van der Waals surface area contributed by atoms with Gasteiger partial charge in [0.2, 0.25) is 0 Å². The van der Waals surface area contributed by atoms with Gasteiger partial charge in [0.05, 0.1) is 0 Å². The molecule has 21 heavy (non-hydrogen) atoms. The van der Waals surface area contributed by atoms with E-state index in [2.05, 4.69) is 0 Å². The number of halogens is 3. The number of likely N-dealkylation sites (tertiary alicyclic amines) is 1. The van der Waals surface area contributed by atoms with E-state index in [9.17, 15) is 22.8 Å². The van der Waals surface area contributed by atoms with Crippen molar-refractivity contribution in [2.75, 3.05) is 13.1 Å². The van der Waals surface area contributed by atoms with Crippen molar-refractivity contribution in [1.82, 2.24) is 4.90 Å². The average Bonchev–Trinajstić information content (AvgIpc) is 2.73. The molecule has 1 heterocycles. The number of ketones is 1. The molecule has 0 radical (unpaired) electrons. The van der Waals surface area contributed by atoms with Gasteiger partial charge in [-0.25, -0.2) is 4.79 Å². The Hall–Kier alpha value is -1.27. The Bertz CT molecular complexity index is 388. The molecule has 1 aliphatic heterocycles. The highest BCUT2D eigenvalue weighted by Crippen LogP contribution is 2.25. The Labute approximate surface area is 122 Å². The fraction of sp³-hybridized carbons (Fsp3) is 0.857. The maximum atomic E-state index is 12.0. The van der Waals surface area contributed by atoms with E-state index >= 15 is 0 Å². The lowest BCUT2D eigenvalue weighted by atomic mass is 9.99. The number of nitrogens with zero attached hydrogens (tertiary/aromatic N) is 1. The van der Waals surface area contributed by atoms with Gasteiger partial charge in [0.25, 0.3) is 0 Å². The maximum absolute atomic E-state index is 12.0. The van der Waals surface area contributed by atoms with Crippen LogP contribution >= 0.6 is 0 Å². The van der Waals surface area contributed by atoms with E-state index in [-0.39, 0.29) is 31.1 Å². The Morgan fingerprint density at radius 1 is 1.24 bits per heavy atom. The molecule has 1 amide bonds. The summed E-state index contributed by atoms with van der Waals surface area (Å²) >= 11 is 0. The van der Waals surface area contributed by atoms with E-state index < -0.39 is 24.3 Å². The molecule has 0 aromatic heterocycles. The smallest absolute Gasteiger partial charge is 0.410 e. The van der Waals surface area contributed by atoms with Gasteiger partial charge in [-0.05, 0) is 33.6 Å². The first-order chi connectivity index (χ1) is 9.48. The van der Waals surface area contributed by atoms with E-state index in [4.69, 9.17) is 4.74 Å². The molecule has 4 nitrogen and oxygen atoms in total. The van der Waals surface area contributed by atoms with Crippen LogP contribution in [-0.4, -0.2) is 41.6 Å². The predicted molar refractivity (Wildman–Crippen MR) is 70.8 cm³/mol. The first kappa shape index (κ1) is 17.8. The van der Waals surface area contributed by atoms with Crippen LogP contribution in [0.25, 0.3) is 0 Å². The third-order valence-electron chi connectivity index (χ3n) is 3.18. The van der Waals surface area contributed by atoms with Crippen molar-refractivity contribution in [3.05, 3.63) is 0 Å². The molecule has 0 aliphatic carbocycles. The van der Waals surface area contributed by atoms with Crippen LogP contribution in [0.1, 0.15) is 46.5 Å². The Morgan fingerprint density at radius 3 is 2.38 bits per heavy atom. The SMILES string of the molecule is CC(C)(C)OC(=O)N1CCC(C(=O)CCCC(F)(F)F)C1. The van der Waals surface area contributed by atoms with Crippen molar-refractivity contribution < 1.29 is 27.5 Å². The van der Waals surface area contributed by atoms with Crippen molar-refractivity contribution in [3.8, 4) is 0 Å². The van der Waals surface area contributed by atoms with Gasteiger partial charge in [-0.1, -0.05) is 0 Å². The fourth-order valence-electron chi connectivity index (χ4n) is 2.18. The van der Waals surface area contributed by atoms with E-state index in [1.807, 2.05) is 0 Å². The molecule has 1 aliphatic rings. The van der Waals surface area contributed by atoms with E-state index in [1.54, 1.807) is 20.8 Å². The van der Waals surface area contributed by atoms with Gasteiger partial charge in [-0.2, -0.15) is 13.2 Å². The molecule has 0 N–H and O–H groups in total. The predicted octanol–water partition coefficient (Wildman–Crippen LogP) is 3.55. The molecule has 0 bridgehead atoms. The van der Waals surface area contributed by atoms with Gasteiger partial charge < -0.3 is 9.64 Å². The molecular formula is C14H22F3NO3. The summed E-state index contributed by atoms with van der Waals surface area (Å²) in [5, 5.41) is 0. The molecule has 7 heteroatoms. The molecule has 122 valence electrons. The van der Waals surface area contributed by atoms with Crippen molar-refractivity contribution in [3.63, 3.8) is 0 Å². The highest BCUT2D eigenvalue weighted by Gasteiger charge is 2.33. The average molecular weight is 309 g/mol. The van der Waals surface area contributed by atoms with Crippen LogP contribution in [-0.2, 0) is 9.53 Å². The largest absolute Gasteiger partial charge is 0.444 e. The summed E-state index contributed by atoms with van der Waals surface area (Å²) in [4.78, 5) is 25.1. The summed E-state index contributed by atoms with van der Waals surface area (Å²) < 4.78 is 41.3. The summed E-state index contributed by atoms with van der Waals surface area (Å²) in [5.41, 5.74) is -0.605. The molecule has 0 saturated carbocycles. The first-order valence-corrected chi connectivity index (χ1v) is 7.05. The Balaban J connectivity index is 2.36. The highest BCUT2D eigenvalue weighted by atomic mass is 19.4. The molecular weight excluding hydrogens is 287 g/mol. The minimum absolute atomic E-state index is 0.0909. The minimum atomic E-state index is -4.22. The van der Waals surface area contributed by atoms with Crippen molar-refractivity contribution >= 4 is 11.9 Å². The Morgan fingerprint density at radius 2 is 1.86 bits per heavy atom. The van der Waals surface area contributed by atoms with E-state index in [1.165, 1.54) is 4.90 Å². The number of rotatable bonds is 4. The van der Waals surface area contributed by atoms with Crippen LogP contribution in [0.3, 0.4) is 0 Å². The summed E-state index contributed by atoms with van der Waals surface area (Å²) in [7, 11) is 0. The summed E-state index contributed by atoms with van der Waals surface area (Å²) in [6.45, 7) is 5.90. The van der Waals surface area contributed by atoms with Gasteiger partial charge in [0, 0.05) is 31.8 Å². The number of hydrogen-bond donors (Lipinski definition) is 0. The number of ether oxygens (including phenoxy) is 1. The minimum Gasteiger partial charge on any atom is -0.444 e. The van der Waals surface area contributed by atoms with Crippen LogP contribution in [0.15, 0.2) is 0 Å². The Kier molecular flexibility index (Phi) is 5.64. The topological polar surface area (TPSA) is 46.6 Å². The van der Waals surface area contributed by atoms with Crippen LogP contribution in [0.5, 0.6) is 0 Å². The summed E-state index contributed by atoms with van der Waals surface area (Å²) in [6.07, 6.45) is -5.44. The molecule has 1 rings (SSSR count). The molecule has 1 saturated heterocycles. The summed E-state index contributed by atoms with van der Waals surface area (Å²) in [6, 6.07) is 0. The van der Waals surface area contributed by atoms with Gasteiger partial charge in [0.1, 0.15) is 11.4 Å². The lowest BCUT2D eigenvalue weighted by Crippen LogP contribution is -2.35. The number of alkyl halides is 3. The van der Waals surface area contributed by atoms with Crippen molar-refractivity contribution in [2.45, 2.75) is 58.2 Å². The van der Waals surface area contributed by atoms with Crippen molar-refractivity contribution in [2.24, 2.45) is 5.92 Å². The van der Waals surface area contributed by atoms with E-state index in [0.29, 0.717) is 13.0 Å². The zero-order valence-corrected chi connectivity index (χ0v) is 12.6. The first-order valence-electron chi connectivity index (χ1n) is 7.05. The van der Waals surface area contributed by atoms with Gasteiger partial charge in [-0.3, -0.25) is 4.79 Å². The molecule has 1 unspecified atom stereocenters. The molecule has 1 atom stereocenters. The van der Waals surface area contributed by atoms with Gasteiger partial charge in [0.15, 0.2) is 0 Å².